The SMILES string of the molecule is C=CC=C(C)S(=O)(=O)O. The first-order valence-corrected chi connectivity index (χ1v) is 3.69. The first-order chi connectivity index (χ1) is 3.98. The number of hydrogen-bond donors (Lipinski definition) is 1. The van der Waals surface area contributed by atoms with E-state index in [9.17, 15) is 8.42 Å². The lowest BCUT2D eigenvalue weighted by Gasteiger charge is -1.90. The Bertz CT molecular complexity index is 223. The Morgan fingerprint density at radius 2 is 2.11 bits per heavy atom. The lowest BCUT2D eigenvalue weighted by atomic mass is 10.5. The molecule has 0 saturated heterocycles. The third-order valence-electron chi connectivity index (χ3n) is 0.759. The molecule has 0 aromatic carbocycles. The van der Waals surface area contributed by atoms with E-state index in [1.807, 2.05) is 0 Å². The molecule has 0 aliphatic carbocycles. The molecule has 0 aromatic rings. The van der Waals surface area contributed by atoms with Gasteiger partial charge >= 0.3 is 0 Å². The fraction of sp³-hybridized carbons (Fsp3) is 0.200. The van der Waals surface area contributed by atoms with Gasteiger partial charge in [0.05, 0.1) is 4.91 Å². The molecule has 52 valence electrons. The monoisotopic (exact) mass is 148 g/mol. The molecular weight excluding hydrogens is 140 g/mol. The van der Waals surface area contributed by atoms with E-state index in [1.165, 1.54) is 19.1 Å². The van der Waals surface area contributed by atoms with Crippen molar-refractivity contribution in [3.63, 3.8) is 0 Å². The van der Waals surface area contributed by atoms with Gasteiger partial charge in [0, 0.05) is 0 Å². The lowest BCUT2D eigenvalue weighted by Crippen LogP contribution is -1.96. The average Bonchev–Trinajstić information content (AvgIpc) is 1.64. The molecule has 0 amide bonds. The summed E-state index contributed by atoms with van der Waals surface area (Å²) in [6, 6.07) is 0. The van der Waals surface area contributed by atoms with E-state index >= 15 is 0 Å². The van der Waals surface area contributed by atoms with E-state index in [0.29, 0.717) is 0 Å². The smallest absolute Gasteiger partial charge is 0.282 e. The molecule has 0 unspecified atom stereocenters. The molecule has 0 radical (unpaired) electrons. The highest BCUT2D eigenvalue weighted by Gasteiger charge is 2.04. The highest BCUT2D eigenvalue weighted by Crippen LogP contribution is 2.00. The fourth-order valence-electron chi connectivity index (χ4n) is 0.252. The van der Waals surface area contributed by atoms with Gasteiger partial charge in [0.15, 0.2) is 0 Å². The topological polar surface area (TPSA) is 54.4 Å². The highest BCUT2D eigenvalue weighted by molar-refractivity contribution is 7.89. The summed E-state index contributed by atoms with van der Waals surface area (Å²) in [6.45, 7) is 4.55. The van der Waals surface area contributed by atoms with E-state index in [1.54, 1.807) is 0 Å². The summed E-state index contributed by atoms with van der Waals surface area (Å²) in [5.74, 6) is 0. The molecule has 0 bridgehead atoms. The largest absolute Gasteiger partial charge is 0.290 e. The van der Waals surface area contributed by atoms with Crippen LogP contribution in [-0.2, 0) is 10.1 Å². The Morgan fingerprint density at radius 3 is 2.22 bits per heavy atom. The molecule has 0 atom stereocenters. The quantitative estimate of drug-likeness (QED) is 0.469. The van der Waals surface area contributed by atoms with Crippen LogP contribution in [0.1, 0.15) is 6.92 Å². The van der Waals surface area contributed by atoms with Gasteiger partial charge in [-0.15, -0.1) is 0 Å². The van der Waals surface area contributed by atoms with Crippen LogP contribution < -0.4 is 0 Å². The Hall–Kier alpha value is -0.610. The molecule has 0 aromatic heterocycles. The van der Waals surface area contributed by atoms with Crippen LogP contribution in [0.4, 0.5) is 0 Å². The third-order valence-corrected chi connectivity index (χ3v) is 1.71. The van der Waals surface area contributed by atoms with Crippen LogP contribution in [0.15, 0.2) is 23.6 Å². The summed E-state index contributed by atoms with van der Waals surface area (Å²) in [6.07, 6.45) is 2.51. The van der Waals surface area contributed by atoms with Gasteiger partial charge in [-0.05, 0) is 13.0 Å². The van der Waals surface area contributed by atoms with Crippen LogP contribution >= 0.6 is 0 Å². The van der Waals surface area contributed by atoms with Crippen molar-refractivity contribution in [2.45, 2.75) is 6.92 Å². The van der Waals surface area contributed by atoms with Gasteiger partial charge in [-0.2, -0.15) is 8.42 Å². The van der Waals surface area contributed by atoms with E-state index in [0.717, 1.165) is 0 Å². The summed E-state index contributed by atoms with van der Waals surface area (Å²) in [4.78, 5) is -0.0995. The van der Waals surface area contributed by atoms with Crippen molar-refractivity contribution in [2.24, 2.45) is 0 Å². The molecule has 0 spiro atoms. The maximum atomic E-state index is 10.2. The fourth-order valence-corrected chi connectivity index (χ4v) is 0.520. The summed E-state index contributed by atoms with van der Waals surface area (Å²) in [5.41, 5.74) is 0. The predicted molar refractivity (Wildman–Crippen MR) is 35.5 cm³/mol. The van der Waals surface area contributed by atoms with Crippen molar-refractivity contribution in [2.75, 3.05) is 0 Å². The van der Waals surface area contributed by atoms with E-state index < -0.39 is 10.1 Å². The molecule has 0 fully saturated rings. The first-order valence-electron chi connectivity index (χ1n) is 2.25. The second kappa shape index (κ2) is 2.80. The zero-order valence-corrected chi connectivity index (χ0v) is 5.85. The van der Waals surface area contributed by atoms with Crippen LogP contribution in [0.25, 0.3) is 0 Å². The van der Waals surface area contributed by atoms with E-state index in [-0.39, 0.29) is 4.91 Å². The molecule has 3 nitrogen and oxygen atoms in total. The summed E-state index contributed by atoms with van der Waals surface area (Å²) in [5, 5.41) is 0. The Morgan fingerprint density at radius 1 is 1.67 bits per heavy atom. The van der Waals surface area contributed by atoms with Crippen LogP contribution in [-0.4, -0.2) is 13.0 Å². The Balaban J connectivity index is 4.61. The second-order valence-electron chi connectivity index (χ2n) is 1.49. The number of hydrogen-bond acceptors (Lipinski definition) is 2. The van der Waals surface area contributed by atoms with Gasteiger partial charge in [0.2, 0.25) is 0 Å². The van der Waals surface area contributed by atoms with Gasteiger partial charge < -0.3 is 0 Å². The van der Waals surface area contributed by atoms with Gasteiger partial charge in [-0.1, -0.05) is 12.7 Å². The number of rotatable bonds is 2. The van der Waals surface area contributed by atoms with E-state index in [2.05, 4.69) is 6.58 Å². The van der Waals surface area contributed by atoms with Crippen LogP contribution in [0.5, 0.6) is 0 Å². The van der Waals surface area contributed by atoms with Crippen LogP contribution in [0.3, 0.4) is 0 Å². The Labute approximate surface area is 54.4 Å². The van der Waals surface area contributed by atoms with Crippen LogP contribution in [0, 0.1) is 0 Å². The van der Waals surface area contributed by atoms with Gasteiger partial charge in [0.25, 0.3) is 10.1 Å². The molecule has 0 aliphatic rings. The Kier molecular flexibility index (Phi) is 2.61. The van der Waals surface area contributed by atoms with Crippen molar-refractivity contribution >= 4 is 10.1 Å². The van der Waals surface area contributed by atoms with Crippen molar-refractivity contribution in [1.82, 2.24) is 0 Å². The summed E-state index contributed by atoms with van der Waals surface area (Å²) in [7, 11) is -3.98. The molecule has 1 N–H and O–H groups in total. The van der Waals surface area contributed by atoms with Crippen molar-refractivity contribution in [1.29, 1.82) is 0 Å². The van der Waals surface area contributed by atoms with Gasteiger partial charge in [-0.25, -0.2) is 0 Å². The summed E-state index contributed by atoms with van der Waals surface area (Å²) >= 11 is 0. The number of allylic oxidation sites excluding steroid dienone is 3. The lowest BCUT2D eigenvalue weighted by molar-refractivity contribution is 0.491. The molecule has 9 heavy (non-hydrogen) atoms. The maximum Gasteiger partial charge on any atom is 0.290 e. The zero-order valence-electron chi connectivity index (χ0n) is 5.03. The molecular formula is C5H8O3S. The van der Waals surface area contributed by atoms with Crippen LogP contribution in [0.2, 0.25) is 0 Å². The second-order valence-corrected chi connectivity index (χ2v) is 3.08. The molecule has 0 aliphatic heterocycles. The minimum absolute atomic E-state index is 0.0995. The zero-order chi connectivity index (χ0) is 7.49. The first kappa shape index (κ1) is 8.39. The van der Waals surface area contributed by atoms with E-state index in [4.69, 9.17) is 4.55 Å². The molecule has 0 heterocycles. The van der Waals surface area contributed by atoms with Gasteiger partial charge in [0.1, 0.15) is 0 Å². The standard InChI is InChI=1S/C5H8O3S/c1-3-4-5(2)9(6,7)8/h3-4H,1H2,2H3,(H,6,7,8). The minimum atomic E-state index is -3.98. The average molecular weight is 148 g/mol. The predicted octanol–water partition coefficient (Wildman–Crippen LogP) is 0.964. The normalized spacial score (nSPS) is 13.3. The van der Waals surface area contributed by atoms with Crippen molar-refractivity contribution in [3.8, 4) is 0 Å². The van der Waals surface area contributed by atoms with Crippen molar-refractivity contribution in [3.05, 3.63) is 23.6 Å². The molecule has 0 saturated carbocycles. The van der Waals surface area contributed by atoms with Crippen molar-refractivity contribution < 1.29 is 13.0 Å². The molecule has 4 heteroatoms. The maximum absolute atomic E-state index is 10.2. The highest BCUT2D eigenvalue weighted by atomic mass is 32.2. The molecule has 0 rings (SSSR count). The summed E-state index contributed by atoms with van der Waals surface area (Å²) < 4.78 is 28.6. The third kappa shape index (κ3) is 3.05. The minimum Gasteiger partial charge on any atom is -0.282 e. The van der Waals surface area contributed by atoms with Gasteiger partial charge in [-0.3, -0.25) is 4.55 Å².